The number of halogens is 5. The molecule has 0 saturated carbocycles. The Morgan fingerprint density at radius 2 is 2.11 bits per heavy atom. The van der Waals surface area contributed by atoms with Crippen LogP contribution in [0.3, 0.4) is 0 Å². The monoisotopic (exact) mass is 344 g/mol. The van der Waals surface area contributed by atoms with Crippen LogP contribution < -0.4 is 4.74 Å². The summed E-state index contributed by atoms with van der Waals surface area (Å²) in [5.41, 5.74) is 0.483. The van der Waals surface area contributed by atoms with Crippen LogP contribution in [-0.2, 0) is 5.33 Å². The number of rotatable bonds is 4. The van der Waals surface area contributed by atoms with Gasteiger partial charge in [-0.1, -0.05) is 22.0 Å². The third-order valence-electron chi connectivity index (χ3n) is 2.05. The first kappa shape index (κ1) is 15.3. The van der Waals surface area contributed by atoms with Crippen LogP contribution in [0.2, 0.25) is 0 Å². The summed E-state index contributed by atoms with van der Waals surface area (Å²) in [5.74, 6) is -1.15. The predicted molar refractivity (Wildman–Crippen MR) is 65.4 cm³/mol. The highest BCUT2D eigenvalue weighted by Gasteiger charge is 2.33. The van der Waals surface area contributed by atoms with Gasteiger partial charge in [0.1, 0.15) is 5.75 Å². The Bertz CT molecular complexity index is 446. The van der Waals surface area contributed by atoms with Crippen molar-refractivity contribution in [2.45, 2.75) is 24.0 Å². The first-order valence-corrected chi connectivity index (χ1v) is 6.43. The number of Topliss-reactive ketones (excluding diaryl/α,β-unsaturated/α-hetero) is 1. The van der Waals surface area contributed by atoms with Gasteiger partial charge in [0.05, 0.1) is 10.9 Å². The molecule has 7 heteroatoms. The highest BCUT2D eigenvalue weighted by atomic mass is 79.9. The van der Waals surface area contributed by atoms with Crippen molar-refractivity contribution < 1.29 is 22.7 Å². The number of carbonyl (C=O) groups excluding carboxylic acids is 1. The molecular weight excluding hydrogens is 336 g/mol. The molecule has 0 aliphatic carbocycles. The minimum atomic E-state index is -4.85. The van der Waals surface area contributed by atoms with Crippen LogP contribution in [0.15, 0.2) is 18.2 Å². The van der Waals surface area contributed by atoms with Crippen LogP contribution in [0, 0.1) is 0 Å². The highest BCUT2D eigenvalue weighted by molar-refractivity contribution is 9.08. The number of benzene rings is 1. The molecule has 1 atom stereocenters. The van der Waals surface area contributed by atoms with Crippen LogP contribution in [-0.4, -0.2) is 17.5 Å². The van der Waals surface area contributed by atoms with E-state index in [4.69, 9.17) is 11.6 Å². The van der Waals surface area contributed by atoms with Gasteiger partial charge in [-0.2, -0.15) is 0 Å². The standard InChI is InChI=1S/C11H9BrClF3O2/c1-6(13)10(17)8-4-7(5-12)2-3-9(8)18-11(14,15)16/h2-4,6H,5H2,1H3. The Balaban J connectivity index is 3.20. The van der Waals surface area contributed by atoms with Crippen molar-refractivity contribution in [3.8, 4) is 5.75 Å². The summed E-state index contributed by atoms with van der Waals surface area (Å²) in [6.07, 6.45) is -4.85. The molecule has 1 aromatic rings. The fraction of sp³-hybridized carbons (Fsp3) is 0.364. The van der Waals surface area contributed by atoms with Gasteiger partial charge in [-0.3, -0.25) is 4.79 Å². The van der Waals surface area contributed by atoms with Gasteiger partial charge in [0, 0.05) is 5.33 Å². The largest absolute Gasteiger partial charge is 0.573 e. The van der Waals surface area contributed by atoms with Crippen LogP contribution >= 0.6 is 27.5 Å². The topological polar surface area (TPSA) is 26.3 Å². The van der Waals surface area contributed by atoms with Crippen molar-refractivity contribution in [1.29, 1.82) is 0 Å². The van der Waals surface area contributed by atoms with Gasteiger partial charge < -0.3 is 4.74 Å². The molecule has 0 radical (unpaired) electrons. The second-order valence-corrected chi connectivity index (χ2v) is 4.71. The quantitative estimate of drug-likeness (QED) is 0.601. The Kier molecular flexibility index (Phi) is 5.04. The number of hydrogen-bond acceptors (Lipinski definition) is 2. The first-order valence-electron chi connectivity index (χ1n) is 4.87. The van der Waals surface area contributed by atoms with E-state index in [-0.39, 0.29) is 5.56 Å². The van der Waals surface area contributed by atoms with Crippen molar-refractivity contribution in [3.63, 3.8) is 0 Å². The third-order valence-corrected chi connectivity index (χ3v) is 2.90. The van der Waals surface area contributed by atoms with Crippen molar-refractivity contribution in [2.75, 3.05) is 0 Å². The molecule has 1 aromatic carbocycles. The lowest BCUT2D eigenvalue weighted by Crippen LogP contribution is -2.20. The molecule has 2 nitrogen and oxygen atoms in total. The summed E-state index contributed by atoms with van der Waals surface area (Å²) >= 11 is 8.76. The van der Waals surface area contributed by atoms with Gasteiger partial charge in [0.2, 0.25) is 0 Å². The molecule has 0 bridgehead atoms. The molecule has 0 saturated heterocycles. The van der Waals surface area contributed by atoms with Gasteiger partial charge in [-0.05, 0) is 24.6 Å². The van der Waals surface area contributed by atoms with Crippen LogP contribution in [0.1, 0.15) is 22.8 Å². The van der Waals surface area contributed by atoms with Crippen molar-refractivity contribution >= 4 is 33.3 Å². The Labute approximate surface area is 115 Å². The summed E-state index contributed by atoms with van der Waals surface area (Å²) in [6, 6.07) is 3.87. The lowest BCUT2D eigenvalue weighted by molar-refractivity contribution is -0.274. The zero-order valence-corrected chi connectivity index (χ0v) is 11.6. The van der Waals surface area contributed by atoms with Gasteiger partial charge in [-0.25, -0.2) is 0 Å². The van der Waals surface area contributed by atoms with Crippen molar-refractivity contribution in [1.82, 2.24) is 0 Å². The van der Waals surface area contributed by atoms with Gasteiger partial charge >= 0.3 is 6.36 Å². The molecule has 0 aliphatic heterocycles. The van der Waals surface area contributed by atoms with E-state index in [2.05, 4.69) is 20.7 Å². The Morgan fingerprint density at radius 1 is 1.50 bits per heavy atom. The molecule has 0 N–H and O–H groups in total. The summed E-state index contributed by atoms with van der Waals surface area (Å²) in [4.78, 5) is 11.7. The molecule has 1 unspecified atom stereocenters. The van der Waals surface area contributed by atoms with Crippen LogP contribution in [0.25, 0.3) is 0 Å². The maximum atomic E-state index is 12.2. The summed E-state index contributed by atoms with van der Waals surface area (Å²) in [7, 11) is 0. The summed E-state index contributed by atoms with van der Waals surface area (Å²) < 4.78 is 40.4. The molecular formula is C11H9BrClF3O2. The van der Waals surface area contributed by atoms with E-state index in [0.717, 1.165) is 6.07 Å². The van der Waals surface area contributed by atoms with Crippen LogP contribution in [0.4, 0.5) is 13.2 Å². The molecule has 1 rings (SSSR count). The summed E-state index contributed by atoms with van der Waals surface area (Å²) in [5, 5.41) is -0.512. The fourth-order valence-corrected chi connectivity index (χ4v) is 1.75. The smallest absolute Gasteiger partial charge is 0.405 e. The van der Waals surface area contributed by atoms with E-state index < -0.39 is 23.3 Å². The molecule has 0 amide bonds. The maximum absolute atomic E-state index is 12.2. The molecule has 0 spiro atoms. The average molecular weight is 346 g/mol. The second kappa shape index (κ2) is 5.93. The Hall–Kier alpha value is -0.750. The van der Waals surface area contributed by atoms with E-state index >= 15 is 0 Å². The SMILES string of the molecule is CC(Cl)C(=O)c1cc(CBr)ccc1OC(F)(F)F. The van der Waals surface area contributed by atoms with E-state index in [1.165, 1.54) is 19.1 Å². The normalized spacial score (nSPS) is 13.2. The van der Waals surface area contributed by atoms with E-state index in [1.807, 2.05) is 0 Å². The average Bonchev–Trinajstić information content (AvgIpc) is 2.26. The fourth-order valence-electron chi connectivity index (χ4n) is 1.28. The maximum Gasteiger partial charge on any atom is 0.573 e. The lowest BCUT2D eigenvalue weighted by atomic mass is 10.0. The molecule has 0 aliphatic rings. The molecule has 18 heavy (non-hydrogen) atoms. The number of alkyl halides is 5. The molecule has 0 heterocycles. The minimum Gasteiger partial charge on any atom is -0.405 e. The molecule has 0 fully saturated rings. The minimum absolute atomic E-state index is 0.174. The van der Waals surface area contributed by atoms with Gasteiger partial charge in [0.15, 0.2) is 5.78 Å². The van der Waals surface area contributed by atoms with E-state index in [9.17, 15) is 18.0 Å². The zero-order valence-electron chi connectivity index (χ0n) is 9.22. The van der Waals surface area contributed by atoms with Gasteiger partial charge in [0.25, 0.3) is 0 Å². The van der Waals surface area contributed by atoms with Crippen molar-refractivity contribution in [3.05, 3.63) is 29.3 Å². The number of hydrogen-bond donors (Lipinski definition) is 0. The summed E-state index contributed by atoms with van der Waals surface area (Å²) in [6.45, 7) is 1.39. The Morgan fingerprint density at radius 3 is 2.56 bits per heavy atom. The zero-order chi connectivity index (χ0) is 13.9. The van der Waals surface area contributed by atoms with Crippen molar-refractivity contribution in [2.24, 2.45) is 0 Å². The highest BCUT2D eigenvalue weighted by Crippen LogP contribution is 2.29. The number of carbonyl (C=O) groups is 1. The lowest BCUT2D eigenvalue weighted by Gasteiger charge is -2.14. The number of ether oxygens (including phenoxy) is 1. The molecule has 100 valence electrons. The number of ketones is 1. The second-order valence-electron chi connectivity index (χ2n) is 3.49. The van der Waals surface area contributed by atoms with Crippen LogP contribution in [0.5, 0.6) is 5.75 Å². The van der Waals surface area contributed by atoms with E-state index in [0.29, 0.717) is 10.9 Å². The predicted octanol–water partition coefficient (Wildman–Crippen LogP) is 4.29. The first-order chi connectivity index (χ1) is 8.24. The van der Waals surface area contributed by atoms with Gasteiger partial charge in [-0.15, -0.1) is 24.8 Å². The van der Waals surface area contributed by atoms with E-state index in [1.54, 1.807) is 0 Å². The third kappa shape index (κ3) is 4.17. The molecule has 0 aromatic heterocycles.